The van der Waals surface area contributed by atoms with Crippen LogP contribution < -0.4 is 5.32 Å². The highest BCUT2D eigenvalue weighted by molar-refractivity contribution is 7.89. The van der Waals surface area contributed by atoms with Crippen LogP contribution in [0.3, 0.4) is 0 Å². The summed E-state index contributed by atoms with van der Waals surface area (Å²) in [5, 5.41) is 3.71. The average molecular weight is 370 g/mol. The second-order valence-corrected chi connectivity index (χ2v) is 8.13. The molecule has 26 heavy (non-hydrogen) atoms. The number of sulfonamides is 1. The second kappa shape index (κ2) is 6.54. The van der Waals surface area contributed by atoms with Crippen molar-refractivity contribution in [2.75, 3.05) is 18.4 Å². The molecule has 1 aliphatic heterocycles. The third-order valence-corrected chi connectivity index (χ3v) is 6.36. The zero-order valence-electron chi connectivity index (χ0n) is 14.0. The average Bonchev–Trinajstić information content (AvgIpc) is 3.34. The number of carbonyl (C=O) groups is 1. The van der Waals surface area contributed by atoms with Crippen molar-refractivity contribution < 1.29 is 13.2 Å². The van der Waals surface area contributed by atoms with Crippen LogP contribution in [0.25, 0.3) is 10.9 Å². The number of aromatic amines is 1. The van der Waals surface area contributed by atoms with E-state index < -0.39 is 15.9 Å². The first-order valence-corrected chi connectivity index (χ1v) is 9.83. The number of aromatic nitrogens is 2. The third-order valence-electron chi connectivity index (χ3n) is 4.48. The molecule has 1 aromatic carbocycles. The van der Waals surface area contributed by atoms with Crippen molar-refractivity contribution in [2.24, 2.45) is 0 Å². The molecule has 0 spiro atoms. The fourth-order valence-electron chi connectivity index (χ4n) is 3.13. The first-order valence-electron chi connectivity index (χ1n) is 8.39. The molecule has 2 N–H and O–H groups in total. The van der Waals surface area contributed by atoms with Gasteiger partial charge in [0.25, 0.3) is 5.91 Å². The molecule has 1 fully saturated rings. The predicted octanol–water partition coefficient (Wildman–Crippen LogP) is 2.60. The lowest BCUT2D eigenvalue weighted by Gasteiger charge is -2.13. The van der Waals surface area contributed by atoms with Crippen molar-refractivity contribution in [3.8, 4) is 0 Å². The van der Waals surface area contributed by atoms with Crippen LogP contribution in [-0.2, 0) is 10.0 Å². The molecule has 1 saturated heterocycles. The molecule has 3 heterocycles. The summed E-state index contributed by atoms with van der Waals surface area (Å²) >= 11 is 0. The summed E-state index contributed by atoms with van der Waals surface area (Å²) in [6.07, 6.45) is 4.76. The summed E-state index contributed by atoms with van der Waals surface area (Å²) in [5.74, 6) is -0.411. The van der Waals surface area contributed by atoms with Gasteiger partial charge in [-0.3, -0.25) is 9.78 Å². The van der Waals surface area contributed by atoms with Crippen LogP contribution in [0.15, 0.2) is 53.7 Å². The number of fused-ring (bicyclic) bond motifs is 1. The lowest BCUT2D eigenvalue weighted by atomic mass is 10.2. The van der Waals surface area contributed by atoms with E-state index in [4.69, 9.17) is 0 Å². The van der Waals surface area contributed by atoms with Gasteiger partial charge < -0.3 is 10.3 Å². The minimum Gasteiger partial charge on any atom is -0.356 e. The molecule has 0 bridgehead atoms. The Kier molecular flexibility index (Phi) is 4.21. The number of anilines is 1. The number of benzene rings is 1. The number of H-pyrrole nitrogens is 1. The summed E-state index contributed by atoms with van der Waals surface area (Å²) in [7, 11) is -3.55. The van der Waals surface area contributed by atoms with E-state index in [0.29, 0.717) is 24.3 Å². The van der Waals surface area contributed by atoms with Crippen LogP contribution in [0.1, 0.15) is 23.3 Å². The van der Waals surface area contributed by atoms with Gasteiger partial charge in [0.15, 0.2) is 0 Å². The largest absolute Gasteiger partial charge is 0.356 e. The molecule has 0 radical (unpaired) electrons. The Labute approximate surface area is 151 Å². The maximum atomic E-state index is 12.6. The second-order valence-electron chi connectivity index (χ2n) is 6.20. The molecule has 3 aromatic rings. The van der Waals surface area contributed by atoms with E-state index in [9.17, 15) is 13.2 Å². The first-order chi connectivity index (χ1) is 12.6. The highest BCUT2D eigenvalue weighted by Gasteiger charge is 2.28. The van der Waals surface area contributed by atoms with E-state index >= 15 is 0 Å². The van der Waals surface area contributed by atoms with Crippen molar-refractivity contribution in [3.63, 3.8) is 0 Å². The monoisotopic (exact) mass is 370 g/mol. The van der Waals surface area contributed by atoms with Crippen LogP contribution in [-0.4, -0.2) is 41.7 Å². The molecular weight excluding hydrogens is 352 g/mol. The van der Waals surface area contributed by atoms with Gasteiger partial charge in [0.05, 0.1) is 11.2 Å². The van der Waals surface area contributed by atoms with E-state index in [1.165, 1.54) is 16.6 Å². The lowest BCUT2D eigenvalue weighted by Crippen LogP contribution is -2.27. The number of nitrogens with zero attached hydrogens (tertiary/aromatic N) is 2. The Bertz CT molecular complexity index is 1060. The molecule has 1 amide bonds. The number of hydrogen-bond donors (Lipinski definition) is 2. The summed E-state index contributed by atoms with van der Waals surface area (Å²) in [6.45, 7) is 1.05. The Balaban J connectivity index is 1.59. The van der Waals surface area contributed by atoms with Gasteiger partial charge >= 0.3 is 0 Å². The molecule has 0 unspecified atom stereocenters. The molecular formula is C18H18N4O3S. The third kappa shape index (κ3) is 2.97. The number of rotatable bonds is 4. The van der Waals surface area contributed by atoms with E-state index in [2.05, 4.69) is 15.3 Å². The van der Waals surface area contributed by atoms with E-state index in [1.54, 1.807) is 12.3 Å². The van der Waals surface area contributed by atoms with Crippen molar-refractivity contribution in [1.29, 1.82) is 0 Å². The smallest absolute Gasteiger partial charge is 0.272 e. The summed E-state index contributed by atoms with van der Waals surface area (Å²) < 4.78 is 26.6. The summed E-state index contributed by atoms with van der Waals surface area (Å²) in [6, 6.07) is 10.6. The van der Waals surface area contributed by atoms with Gasteiger partial charge in [-0.25, -0.2) is 8.42 Å². The Hall–Kier alpha value is -2.71. The molecule has 1 aliphatic rings. The SMILES string of the molecule is O=C(Nc1cccc2cccnc12)c1cc(S(=O)(=O)N2CCCC2)c[nH]1. The number of para-hydroxylation sites is 1. The first kappa shape index (κ1) is 16.7. The maximum absolute atomic E-state index is 12.6. The number of hydrogen-bond acceptors (Lipinski definition) is 4. The number of amides is 1. The molecule has 0 saturated carbocycles. The number of carbonyl (C=O) groups excluding carboxylic acids is 1. The zero-order valence-corrected chi connectivity index (χ0v) is 14.8. The highest BCUT2D eigenvalue weighted by Crippen LogP contribution is 2.23. The zero-order chi connectivity index (χ0) is 18.1. The van der Waals surface area contributed by atoms with E-state index in [1.807, 2.05) is 24.3 Å². The van der Waals surface area contributed by atoms with Crippen molar-refractivity contribution in [1.82, 2.24) is 14.3 Å². The fourth-order valence-corrected chi connectivity index (χ4v) is 4.64. The molecule has 0 atom stereocenters. The van der Waals surface area contributed by atoms with Gasteiger partial charge in [-0.1, -0.05) is 18.2 Å². The van der Waals surface area contributed by atoms with Crippen LogP contribution in [0.4, 0.5) is 5.69 Å². The van der Waals surface area contributed by atoms with Crippen LogP contribution >= 0.6 is 0 Å². The highest BCUT2D eigenvalue weighted by atomic mass is 32.2. The number of nitrogens with one attached hydrogen (secondary N) is 2. The van der Waals surface area contributed by atoms with E-state index in [-0.39, 0.29) is 10.6 Å². The maximum Gasteiger partial charge on any atom is 0.272 e. The van der Waals surface area contributed by atoms with Gasteiger partial charge in [-0.15, -0.1) is 0 Å². The number of pyridine rings is 1. The normalized spacial score (nSPS) is 15.4. The van der Waals surface area contributed by atoms with Gasteiger partial charge in [0, 0.05) is 30.9 Å². The molecule has 7 nitrogen and oxygen atoms in total. The standard InChI is InChI=1S/C18H18N4O3S/c23-18(21-15-7-3-5-13-6-4-8-19-17(13)15)16-11-14(12-20-16)26(24,25)22-9-1-2-10-22/h3-8,11-12,20H,1-2,9-10H2,(H,21,23). The van der Waals surface area contributed by atoms with Crippen molar-refractivity contribution in [2.45, 2.75) is 17.7 Å². The fraction of sp³-hybridized carbons (Fsp3) is 0.222. The van der Waals surface area contributed by atoms with Crippen LogP contribution in [0.2, 0.25) is 0 Å². The van der Waals surface area contributed by atoms with Crippen molar-refractivity contribution in [3.05, 3.63) is 54.5 Å². The van der Waals surface area contributed by atoms with Crippen LogP contribution in [0.5, 0.6) is 0 Å². The summed E-state index contributed by atoms with van der Waals surface area (Å²) in [4.78, 5) is 19.7. The minimum absolute atomic E-state index is 0.112. The predicted molar refractivity (Wildman–Crippen MR) is 98.5 cm³/mol. The van der Waals surface area contributed by atoms with Gasteiger partial charge in [-0.2, -0.15) is 4.31 Å². The lowest BCUT2D eigenvalue weighted by molar-refractivity contribution is 0.102. The summed E-state index contributed by atoms with van der Waals surface area (Å²) in [5.41, 5.74) is 1.45. The van der Waals surface area contributed by atoms with Gasteiger partial charge in [0.2, 0.25) is 10.0 Å². The van der Waals surface area contributed by atoms with E-state index in [0.717, 1.165) is 18.2 Å². The Morgan fingerprint density at radius 2 is 1.92 bits per heavy atom. The quantitative estimate of drug-likeness (QED) is 0.738. The molecule has 0 aliphatic carbocycles. The minimum atomic E-state index is -3.55. The van der Waals surface area contributed by atoms with Crippen LogP contribution in [0, 0.1) is 0 Å². The molecule has 134 valence electrons. The molecule has 4 rings (SSSR count). The molecule has 8 heteroatoms. The van der Waals surface area contributed by atoms with Gasteiger partial charge in [0.1, 0.15) is 10.6 Å². The van der Waals surface area contributed by atoms with Crippen molar-refractivity contribution >= 4 is 32.5 Å². The Morgan fingerprint density at radius 3 is 2.73 bits per heavy atom. The molecule has 2 aromatic heterocycles. The van der Waals surface area contributed by atoms with Gasteiger partial charge in [-0.05, 0) is 31.0 Å². The topological polar surface area (TPSA) is 95.2 Å². The Morgan fingerprint density at radius 1 is 1.15 bits per heavy atom.